The number of aliphatic carboxylic acids is 2. The van der Waals surface area contributed by atoms with Crippen molar-refractivity contribution in [1.29, 1.82) is 0 Å². The Morgan fingerprint density at radius 2 is 1.03 bits per heavy atom. The number of hydrogen-bond acceptors (Lipinski definition) is 6. The van der Waals surface area contributed by atoms with Crippen LogP contribution in [0.3, 0.4) is 0 Å². The molecule has 0 unspecified atom stereocenters. The predicted molar refractivity (Wildman–Crippen MR) is 109 cm³/mol. The molecule has 0 saturated carbocycles. The van der Waals surface area contributed by atoms with Gasteiger partial charge in [-0.15, -0.1) is 0 Å². The first-order chi connectivity index (χ1) is 13.6. The standard InChI is InChI=1S/C20H34N2O8/c1-19(2,3)29-17(27)21-13(15(23)24)11-9-7-8-10-12-14(16(25)26)22-18(28)30-20(4,5)6/h7-8,13-14H,9-12H2,1-6H3,(H,21,27)(H,22,28)(H,23,24)(H,25,26)/b8-7-/t13-,14-/m0/s1. The van der Waals surface area contributed by atoms with Gasteiger partial charge >= 0.3 is 24.1 Å². The summed E-state index contributed by atoms with van der Waals surface area (Å²) in [7, 11) is 0. The average molecular weight is 430 g/mol. The molecule has 0 aliphatic carbocycles. The van der Waals surface area contributed by atoms with Crippen molar-refractivity contribution in [1.82, 2.24) is 10.6 Å². The Morgan fingerprint density at radius 1 is 0.733 bits per heavy atom. The smallest absolute Gasteiger partial charge is 0.408 e. The SMILES string of the molecule is CC(C)(C)OC(=O)N[C@@H](CC/C=C\CC[C@H](NC(=O)OC(C)(C)C)C(=O)O)C(=O)O. The molecule has 172 valence electrons. The third-order valence-electron chi connectivity index (χ3n) is 3.39. The first kappa shape index (κ1) is 27.2. The monoisotopic (exact) mass is 430 g/mol. The summed E-state index contributed by atoms with van der Waals surface area (Å²) < 4.78 is 10.1. The van der Waals surface area contributed by atoms with Crippen LogP contribution in [-0.2, 0) is 19.1 Å². The first-order valence-electron chi connectivity index (χ1n) is 9.70. The van der Waals surface area contributed by atoms with Gasteiger partial charge in [0.05, 0.1) is 0 Å². The quantitative estimate of drug-likeness (QED) is 0.386. The molecule has 0 bridgehead atoms. The Morgan fingerprint density at radius 3 is 1.27 bits per heavy atom. The highest BCUT2D eigenvalue weighted by atomic mass is 16.6. The molecule has 30 heavy (non-hydrogen) atoms. The average Bonchev–Trinajstić information content (AvgIpc) is 2.51. The Bertz CT molecular complexity index is 578. The van der Waals surface area contributed by atoms with E-state index >= 15 is 0 Å². The van der Waals surface area contributed by atoms with Gasteiger partial charge in [0.2, 0.25) is 0 Å². The third kappa shape index (κ3) is 14.3. The van der Waals surface area contributed by atoms with Crippen LogP contribution < -0.4 is 10.6 Å². The molecular weight excluding hydrogens is 396 g/mol. The summed E-state index contributed by atoms with van der Waals surface area (Å²) in [6.45, 7) is 10.0. The van der Waals surface area contributed by atoms with Crippen LogP contribution in [0.25, 0.3) is 0 Å². The fourth-order valence-electron chi connectivity index (χ4n) is 2.18. The Hall–Kier alpha value is -2.78. The number of ether oxygens (including phenoxy) is 2. The van der Waals surface area contributed by atoms with Crippen LogP contribution in [0.15, 0.2) is 12.2 Å². The third-order valence-corrected chi connectivity index (χ3v) is 3.39. The summed E-state index contributed by atoms with van der Waals surface area (Å²) in [5, 5.41) is 23.0. The van der Waals surface area contributed by atoms with E-state index in [-0.39, 0.29) is 12.8 Å². The summed E-state index contributed by atoms with van der Waals surface area (Å²) in [6, 6.07) is -2.21. The lowest BCUT2D eigenvalue weighted by atomic mass is 10.1. The molecule has 0 aliphatic heterocycles. The Kier molecular flexibility index (Phi) is 10.9. The maximum atomic E-state index is 11.7. The molecule has 0 aromatic heterocycles. The number of carbonyl (C=O) groups excluding carboxylic acids is 2. The molecule has 10 heteroatoms. The van der Waals surface area contributed by atoms with Crippen LogP contribution in [0.1, 0.15) is 67.2 Å². The highest BCUT2D eigenvalue weighted by Gasteiger charge is 2.24. The number of carboxylic acid groups (broad SMARTS) is 2. The van der Waals surface area contributed by atoms with Gasteiger partial charge in [0.15, 0.2) is 0 Å². The van der Waals surface area contributed by atoms with E-state index in [1.807, 2.05) is 0 Å². The number of amides is 2. The molecule has 0 aromatic rings. The normalized spacial score (nSPS) is 13.9. The first-order valence-corrected chi connectivity index (χ1v) is 9.70. The molecule has 2 atom stereocenters. The highest BCUT2D eigenvalue weighted by molar-refractivity contribution is 5.80. The van der Waals surface area contributed by atoms with E-state index in [0.717, 1.165) is 0 Å². The van der Waals surface area contributed by atoms with Crippen LogP contribution in [0.2, 0.25) is 0 Å². The van der Waals surface area contributed by atoms with Crippen LogP contribution in [0.4, 0.5) is 9.59 Å². The minimum absolute atomic E-state index is 0.142. The maximum absolute atomic E-state index is 11.7. The van der Waals surface area contributed by atoms with Gasteiger partial charge in [-0.1, -0.05) is 12.2 Å². The fraction of sp³-hybridized carbons (Fsp3) is 0.700. The van der Waals surface area contributed by atoms with Gasteiger partial charge in [-0.25, -0.2) is 19.2 Å². The van der Waals surface area contributed by atoms with Gasteiger partial charge in [-0.2, -0.15) is 0 Å². The van der Waals surface area contributed by atoms with Gasteiger partial charge in [-0.05, 0) is 67.2 Å². The van der Waals surface area contributed by atoms with Crippen molar-refractivity contribution in [3.63, 3.8) is 0 Å². The molecule has 2 amide bonds. The molecule has 0 radical (unpaired) electrons. The zero-order valence-corrected chi connectivity index (χ0v) is 18.5. The number of carbonyl (C=O) groups is 4. The lowest BCUT2D eigenvalue weighted by Gasteiger charge is -2.22. The predicted octanol–water partition coefficient (Wildman–Crippen LogP) is 3.06. The van der Waals surface area contributed by atoms with Crippen LogP contribution >= 0.6 is 0 Å². The molecule has 0 aromatic carbocycles. The Labute approximate surface area is 177 Å². The van der Waals surface area contributed by atoms with Gasteiger partial charge in [0, 0.05) is 0 Å². The van der Waals surface area contributed by atoms with Crippen molar-refractivity contribution in [2.75, 3.05) is 0 Å². The summed E-state index contributed by atoms with van der Waals surface area (Å²) >= 11 is 0. The van der Waals surface area contributed by atoms with Crippen molar-refractivity contribution < 1.29 is 38.9 Å². The second-order valence-corrected chi connectivity index (χ2v) is 8.70. The van der Waals surface area contributed by atoms with Crippen molar-refractivity contribution in [2.45, 2.75) is 90.5 Å². The second kappa shape index (κ2) is 12.0. The molecule has 0 fully saturated rings. The summed E-state index contributed by atoms with van der Waals surface area (Å²) in [6.07, 6.45) is 2.76. The zero-order valence-electron chi connectivity index (χ0n) is 18.5. The van der Waals surface area contributed by atoms with E-state index < -0.39 is 47.4 Å². The van der Waals surface area contributed by atoms with Gasteiger partial charge in [-0.3, -0.25) is 0 Å². The van der Waals surface area contributed by atoms with Crippen molar-refractivity contribution >= 4 is 24.1 Å². The van der Waals surface area contributed by atoms with E-state index in [1.54, 1.807) is 53.7 Å². The lowest BCUT2D eigenvalue weighted by molar-refractivity contribution is -0.140. The van der Waals surface area contributed by atoms with Crippen molar-refractivity contribution in [2.24, 2.45) is 0 Å². The number of allylic oxidation sites excluding steroid dienone is 2. The largest absolute Gasteiger partial charge is 0.480 e. The summed E-state index contributed by atoms with van der Waals surface area (Å²) in [4.78, 5) is 46.0. The molecule has 0 saturated heterocycles. The molecule has 0 aliphatic rings. The van der Waals surface area contributed by atoms with E-state index in [1.165, 1.54) is 0 Å². The molecule has 0 heterocycles. The van der Waals surface area contributed by atoms with Crippen LogP contribution in [0.5, 0.6) is 0 Å². The fourth-order valence-corrected chi connectivity index (χ4v) is 2.18. The number of alkyl carbamates (subject to hydrolysis) is 2. The lowest BCUT2D eigenvalue weighted by Crippen LogP contribution is -2.43. The maximum Gasteiger partial charge on any atom is 0.408 e. The van der Waals surface area contributed by atoms with Gasteiger partial charge in [0.25, 0.3) is 0 Å². The topological polar surface area (TPSA) is 151 Å². The van der Waals surface area contributed by atoms with E-state index in [2.05, 4.69) is 10.6 Å². The minimum Gasteiger partial charge on any atom is -0.480 e. The van der Waals surface area contributed by atoms with Crippen molar-refractivity contribution in [3.8, 4) is 0 Å². The van der Waals surface area contributed by atoms with E-state index in [4.69, 9.17) is 9.47 Å². The van der Waals surface area contributed by atoms with Crippen molar-refractivity contribution in [3.05, 3.63) is 12.2 Å². The molecule has 0 rings (SSSR count). The molecule has 10 nitrogen and oxygen atoms in total. The molecule has 4 N–H and O–H groups in total. The van der Waals surface area contributed by atoms with Crippen LogP contribution in [-0.4, -0.2) is 57.6 Å². The summed E-state index contributed by atoms with van der Waals surface area (Å²) in [5.74, 6) is -2.36. The number of carboxylic acids is 2. The van der Waals surface area contributed by atoms with Crippen LogP contribution in [0, 0.1) is 0 Å². The minimum atomic E-state index is -1.18. The number of rotatable bonds is 10. The second-order valence-electron chi connectivity index (χ2n) is 8.70. The van der Waals surface area contributed by atoms with E-state index in [0.29, 0.717) is 12.8 Å². The highest BCUT2D eigenvalue weighted by Crippen LogP contribution is 2.10. The Balaban J connectivity index is 4.46. The van der Waals surface area contributed by atoms with Gasteiger partial charge in [0.1, 0.15) is 23.3 Å². The summed E-state index contributed by atoms with van der Waals surface area (Å²) in [5.41, 5.74) is -1.47. The zero-order chi connectivity index (χ0) is 23.5. The number of hydrogen-bond donors (Lipinski definition) is 4. The number of nitrogens with one attached hydrogen (secondary N) is 2. The molecular formula is C20H34N2O8. The van der Waals surface area contributed by atoms with Gasteiger partial charge < -0.3 is 30.3 Å². The molecule has 0 spiro atoms. The van der Waals surface area contributed by atoms with E-state index in [9.17, 15) is 29.4 Å².